The van der Waals surface area contributed by atoms with Gasteiger partial charge in [0.1, 0.15) is 0 Å². The predicted molar refractivity (Wildman–Crippen MR) is 59.7 cm³/mol. The summed E-state index contributed by atoms with van der Waals surface area (Å²) in [5.74, 6) is -0.593. The van der Waals surface area contributed by atoms with Crippen molar-refractivity contribution in [3.63, 3.8) is 0 Å². The van der Waals surface area contributed by atoms with Crippen molar-refractivity contribution in [2.24, 2.45) is 0 Å². The van der Waals surface area contributed by atoms with Crippen LogP contribution in [0.5, 0.6) is 0 Å². The highest BCUT2D eigenvalue weighted by molar-refractivity contribution is 6.07. The molecule has 0 aliphatic heterocycles. The van der Waals surface area contributed by atoms with Gasteiger partial charge in [-0.25, -0.2) is 0 Å². The summed E-state index contributed by atoms with van der Waals surface area (Å²) in [5.41, 5.74) is 0. The third-order valence-electron chi connectivity index (χ3n) is 2.03. The van der Waals surface area contributed by atoms with Crippen molar-refractivity contribution in [3.8, 4) is 0 Å². The van der Waals surface area contributed by atoms with Crippen molar-refractivity contribution in [1.29, 1.82) is 0 Å². The second kappa shape index (κ2) is 6.98. The Labute approximate surface area is 99.7 Å². The van der Waals surface area contributed by atoms with Crippen LogP contribution in [0.15, 0.2) is 22.8 Å². The number of Topliss-reactive ketones (excluding diaryl/α,β-unsaturated/α-hetero) is 2. The highest BCUT2D eigenvalue weighted by atomic mass is 16.7. The summed E-state index contributed by atoms with van der Waals surface area (Å²) in [4.78, 5) is 23.3. The predicted octanol–water partition coefficient (Wildman–Crippen LogP) is 1.82. The lowest BCUT2D eigenvalue weighted by Crippen LogP contribution is -2.29. The lowest BCUT2D eigenvalue weighted by molar-refractivity contribution is -0.167. The molecule has 5 heteroatoms. The van der Waals surface area contributed by atoms with Gasteiger partial charge in [-0.3, -0.25) is 9.59 Å². The first-order valence-electron chi connectivity index (χ1n) is 5.51. The van der Waals surface area contributed by atoms with Gasteiger partial charge in [-0.05, 0) is 26.0 Å². The number of ketones is 2. The van der Waals surface area contributed by atoms with E-state index in [1.54, 1.807) is 19.9 Å². The van der Waals surface area contributed by atoms with E-state index in [-0.39, 0.29) is 18.0 Å². The summed E-state index contributed by atoms with van der Waals surface area (Å²) in [6, 6.07) is 3.12. The van der Waals surface area contributed by atoms with Gasteiger partial charge in [0, 0.05) is 13.2 Å². The average Bonchev–Trinajstić information content (AvgIpc) is 2.82. The van der Waals surface area contributed by atoms with Gasteiger partial charge in [-0.1, -0.05) is 0 Å². The highest BCUT2D eigenvalue weighted by Crippen LogP contribution is 2.08. The molecule has 0 bridgehead atoms. The Hall–Kier alpha value is -1.46. The highest BCUT2D eigenvalue weighted by Gasteiger charge is 2.23. The molecule has 0 saturated heterocycles. The first-order valence-corrected chi connectivity index (χ1v) is 5.51. The van der Waals surface area contributed by atoms with Crippen LogP contribution in [0.2, 0.25) is 0 Å². The first kappa shape index (κ1) is 13.6. The quantitative estimate of drug-likeness (QED) is 0.394. The summed E-state index contributed by atoms with van der Waals surface area (Å²) >= 11 is 0. The summed E-state index contributed by atoms with van der Waals surface area (Å²) in [6.45, 7) is 4.22. The number of carbonyl (C=O) groups excluding carboxylic acids is 2. The van der Waals surface area contributed by atoms with E-state index in [4.69, 9.17) is 13.9 Å². The fraction of sp³-hybridized carbons (Fsp3) is 0.500. The van der Waals surface area contributed by atoms with Gasteiger partial charge in [0.25, 0.3) is 0 Å². The van der Waals surface area contributed by atoms with Crippen molar-refractivity contribution in [2.45, 2.75) is 26.6 Å². The number of carbonyl (C=O) groups is 2. The Morgan fingerprint density at radius 3 is 2.41 bits per heavy atom. The molecule has 0 saturated carbocycles. The van der Waals surface area contributed by atoms with Crippen molar-refractivity contribution in [2.75, 3.05) is 13.2 Å². The van der Waals surface area contributed by atoms with E-state index < -0.39 is 12.1 Å². The van der Waals surface area contributed by atoms with Gasteiger partial charge < -0.3 is 13.9 Å². The van der Waals surface area contributed by atoms with Crippen molar-refractivity contribution in [3.05, 3.63) is 24.2 Å². The summed E-state index contributed by atoms with van der Waals surface area (Å²) in [7, 11) is 0. The van der Waals surface area contributed by atoms with E-state index in [0.717, 1.165) is 0 Å². The minimum atomic E-state index is -0.969. The molecule has 0 unspecified atom stereocenters. The van der Waals surface area contributed by atoms with Gasteiger partial charge in [0.2, 0.25) is 12.1 Å². The molecule has 5 nitrogen and oxygen atoms in total. The van der Waals surface area contributed by atoms with Crippen molar-refractivity contribution in [1.82, 2.24) is 0 Å². The molecule has 1 rings (SSSR count). The molecule has 0 aliphatic rings. The lowest BCUT2D eigenvalue weighted by Gasteiger charge is -2.14. The molecule has 94 valence electrons. The Bertz CT molecular complexity index is 349. The van der Waals surface area contributed by atoms with Crippen LogP contribution < -0.4 is 0 Å². The second-order valence-electron chi connectivity index (χ2n) is 3.29. The summed E-state index contributed by atoms with van der Waals surface area (Å²) < 4.78 is 15.1. The second-order valence-corrected chi connectivity index (χ2v) is 3.29. The maximum atomic E-state index is 11.7. The SMILES string of the molecule is CCOC(OCC)C(=O)CC(=O)c1ccco1. The van der Waals surface area contributed by atoms with Gasteiger partial charge in [-0.15, -0.1) is 0 Å². The molecule has 0 N–H and O–H groups in total. The van der Waals surface area contributed by atoms with Crippen LogP contribution >= 0.6 is 0 Å². The zero-order chi connectivity index (χ0) is 12.7. The number of ether oxygens (including phenoxy) is 2. The Morgan fingerprint density at radius 2 is 1.94 bits per heavy atom. The molecular weight excluding hydrogens is 224 g/mol. The topological polar surface area (TPSA) is 65.7 Å². The molecule has 0 aliphatic carbocycles. The van der Waals surface area contributed by atoms with Gasteiger partial charge in [0.15, 0.2) is 11.5 Å². The summed E-state index contributed by atoms with van der Waals surface area (Å²) in [6.07, 6.45) is 0.141. The minimum Gasteiger partial charge on any atom is -0.461 e. The van der Waals surface area contributed by atoms with Crippen molar-refractivity contribution < 1.29 is 23.5 Å². The van der Waals surface area contributed by atoms with E-state index in [9.17, 15) is 9.59 Å². The lowest BCUT2D eigenvalue weighted by atomic mass is 10.1. The van der Waals surface area contributed by atoms with Crippen LogP contribution in [0, 0.1) is 0 Å². The molecule has 0 spiro atoms. The maximum Gasteiger partial charge on any atom is 0.218 e. The third-order valence-corrected chi connectivity index (χ3v) is 2.03. The number of furan rings is 1. The molecule has 1 aromatic heterocycles. The minimum absolute atomic E-state index is 0.171. The van der Waals surface area contributed by atoms with E-state index in [1.807, 2.05) is 0 Å². The molecular formula is C12H16O5. The molecule has 1 aromatic rings. The zero-order valence-corrected chi connectivity index (χ0v) is 9.97. The van der Waals surface area contributed by atoms with Crippen LogP contribution in [0.1, 0.15) is 30.8 Å². The van der Waals surface area contributed by atoms with Gasteiger partial charge >= 0.3 is 0 Å². The molecule has 1 heterocycles. The van der Waals surface area contributed by atoms with E-state index in [2.05, 4.69) is 0 Å². The van der Waals surface area contributed by atoms with E-state index in [1.165, 1.54) is 12.3 Å². The normalized spacial score (nSPS) is 10.8. The van der Waals surface area contributed by atoms with Crippen LogP contribution in [0.3, 0.4) is 0 Å². The smallest absolute Gasteiger partial charge is 0.218 e. The van der Waals surface area contributed by atoms with Crippen LogP contribution in [0.4, 0.5) is 0 Å². The van der Waals surface area contributed by atoms with Gasteiger partial charge in [-0.2, -0.15) is 0 Å². The number of rotatable bonds is 8. The number of hydrogen-bond donors (Lipinski definition) is 0. The molecule has 0 fully saturated rings. The molecule has 17 heavy (non-hydrogen) atoms. The fourth-order valence-electron chi connectivity index (χ4n) is 1.30. The zero-order valence-electron chi connectivity index (χ0n) is 9.97. The standard InChI is InChI=1S/C12H16O5/c1-3-15-12(16-4-2)10(14)8-9(13)11-6-5-7-17-11/h5-7,12H,3-4,8H2,1-2H3. The monoisotopic (exact) mass is 240 g/mol. The summed E-state index contributed by atoms with van der Waals surface area (Å²) in [5, 5.41) is 0. The molecule has 0 atom stereocenters. The molecule has 0 radical (unpaired) electrons. The molecule has 0 amide bonds. The Balaban J connectivity index is 2.54. The third kappa shape index (κ3) is 4.13. The van der Waals surface area contributed by atoms with Crippen molar-refractivity contribution >= 4 is 11.6 Å². The van der Waals surface area contributed by atoms with Crippen LogP contribution in [0.25, 0.3) is 0 Å². The van der Waals surface area contributed by atoms with Gasteiger partial charge in [0.05, 0.1) is 12.7 Å². The Kier molecular flexibility index (Phi) is 5.59. The largest absolute Gasteiger partial charge is 0.461 e. The molecule has 0 aromatic carbocycles. The first-order chi connectivity index (χ1) is 8.19. The fourth-order valence-corrected chi connectivity index (χ4v) is 1.30. The maximum absolute atomic E-state index is 11.7. The van der Waals surface area contributed by atoms with Crippen LogP contribution in [-0.2, 0) is 14.3 Å². The number of hydrogen-bond acceptors (Lipinski definition) is 5. The Morgan fingerprint density at radius 1 is 1.29 bits per heavy atom. The van der Waals surface area contributed by atoms with E-state index >= 15 is 0 Å². The van der Waals surface area contributed by atoms with E-state index in [0.29, 0.717) is 13.2 Å². The average molecular weight is 240 g/mol. The van der Waals surface area contributed by atoms with Crippen LogP contribution in [-0.4, -0.2) is 31.1 Å².